The molecule has 0 atom stereocenters. The lowest BCUT2D eigenvalue weighted by Crippen LogP contribution is -2.16. The lowest BCUT2D eigenvalue weighted by Gasteiger charge is -2.40. The molecule has 0 aliphatic rings. The highest BCUT2D eigenvalue weighted by atomic mass is 32.3. The van der Waals surface area contributed by atoms with E-state index in [-0.39, 0.29) is 0 Å². The second-order valence-corrected chi connectivity index (χ2v) is 14.6. The van der Waals surface area contributed by atoms with Gasteiger partial charge in [0.15, 0.2) is 0 Å². The summed E-state index contributed by atoms with van der Waals surface area (Å²) >= 11 is 0. The second kappa shape index (κ2) is 36.6. The zero-order valence-corrected chi connectivity index (χ0v) is 30.1. The number of nitrogens with zero attached hydrogens (tertiary/aromatic N) is 1. The van der Waals surface area contributed by atoms with E-state index in [1.807, 2.05) is 0 Å². The second-order valence-electron chi connectivity index (χ2n) is 11.8. The van der Waals surface area contributed by atoms with Crippen molar-refractivity contribution in [3.8, 4) is 0 Å². The van der Waals surface area contributed by atoms with Crippen molar-refractivity contribution in [2.24, 2.45) is 0 Å². The summed E-state index contributed by atoms with van der Waals surface area (Å²) in [4.78, 5) is 2.26. The Morgan fingerprint density at radius 2 is 0.905 bits per heavy atom. The molecule has 0 radical (unpaired) electrons. The Morgan fingerprint density at radius 3 is 1.26 bits per heavy atom. The van der Waals surface area contributed by atoms with E-state index < -0.39 is 10.6 Å². The van der Waals surface area contributed by atoms with Gasteiger partial charge in [-0.25, -0.2) is 0 Å². The molecule has 0 aromatic rings. The first-order valence-electron chi connectivity index (χ1n) is 17.7. The molecule has 0 aromatic carbocycles. The largest absolute Gasteiger partial charge is 0.396 e. The van der Waals surface area contributed by atoms with Gasteiger partial charge in [0.2, 0.25) is 0 Å². The van der Waals surface area contributed by atoms with Crippen LogP contribution in [0, 0.1) is 0 Å². The molecule has 42 heavy (non-hydrogen) atoms. The van der Waals surface area contributed by atoms with Crippen LogP contribution >= 0.6 is 10.6 Å². The number of hydrogen-bond donors (Lipinski definition) is 1. The van der Waals surface area contributed by atoms with Crippen molar-refractivity contribution in [2.75, 3.05) is 52.5 Å². The van der Waals surface area contributed by atoms with Gasteiger partial charge in [-0.3, -0.25) is 8.37 Å². The van der Waals surface area contributed by atoms with Crippen molar-refractivity contribution < 1.29 is 13.5 Å². The minimum atomic E-state index is -1.41. The van der Waals surface area contributed by atoms with Crippen LogP contribution in [0.25, 0.3) is 0 Å². The highest BCUT2D eigenvalue weighted by molar-refractivity contribution is 8.25. The van der Waals surface area contributed by atoms with Gasteiger partial charge in [-0.05, 0) is 111 Å². The van der Waals surface area contributed by atoms with Crippen LogP contribution in [0.2, 0.25) is 0 Å². The first-order chi connectivity index (χ1) is 20.5. The van der Waals surface area contributed by atoms with Gasteiger partial charge in [0, 0.05) is 18.6 Å². The molecule has 0 spiro atoms. The number of aliphatic hydroxyl groups is 1. The molecule has 0 aromatic heterocycles. The van der Waals surface area contributed by atoms with Crippen molar-refractivity contribution in [3.05, 3.63) is 36.5 Å². The van der Waals surface area contributed by atoms with E-state index >= 15 is 0 Å². The minimum absolute atomic E-state index is 0.319. The first kappa shape index (κ1) is 43.5. The van der Waals surface area contributed by atoms with E-state index in [9.17, 15) is 0 Å². The fraction of sp³-hybridized carbons (Fsp3) is 0.838. The highest BCUT2D eigenvalue weighted by Crippen LogP contribution is 2.47. The molecule has 0 aliphatic carbocycles. The van der Waals surface area contributed by atoms with Crippen LogP contribution in [0.5, 0.6) is 0 Å². The lowest BCUT2D eigenvalue weighted by atomic mass is 10.2. The average Bonchev–Trinajstić information content (AvgIpc) is 2.97. The smallest absolute Gasteiger partial charge is 0.0716 e. The van der Waals surface area contributed by atoms with E-state index in [0.717, 1.165) is 64.0 Å². The summed E-state index contributed by atoms with van der Waals surface area (Å²) in [6.07, 6.45) is 40.2. The van der Waals surface area contributed by atoms with E-state index in [1.165, 1.54) is 89.9 Å². The number of hydrogen-bond acceptors (Lipinski definition) is 4. The van der Waals surface area contributed by atoms with E-state index in [4.69, 9.17) is 13.5 Å². The predicted molar refractivity (Wildman–Crippen MR) is 193 cm³/mol. The topological polar surface area (TPSA) is 41.9 Å². The zero-order valence-electron chi connectivity index (χ0n) is 29.3. The van der Waals surface area contributed by atoms with Crippen LogP contribution in [-0.2, 0) is 8.37 Å². The fourth-order valence-corrected chi connectivity index (χ4v) is 6.24. The van der Waals surface area contributed by atoms with Gasteiger partial charge < -0.3 is 10.0 Å². The van der Waals surface area contributed by atoms with Crippen molar-refractivity contribution in [1.29, 1.82) is 0 Å². The van der Waals surface area contributed by atoms with Crippen molar-refractivity contribution >= 4 is 10.6 Å². The molecular formula is C37H75NO3S. The summed E-state index contributed by atoms with van der Waals surface area (Å²) in [5.74, 6) is 1.06. The SMILES string of the molecule is CCCCC/C=C\CCCO.CCCCC/C=C\CCCOS(C)(CCCCN(C)C)OCCC/C=C\CCCCC. The Balaban J connectivity index is 0. The number of rotatable bonds is 30. The standard InChI is InChI=1S/C27H55NO2S.C10H20O/c1-6-8-10-12-14-16-18-21-25-29-31(5,27-23-20-24-28(3)4)30-26-22-19-17-15-13-11-9-7-2;1-2-3-4-5-6-7-8-9-10-11/h14-17H,6-13,18-27H2,1-5H3;6-7,11H,2-5,8-10H2,1H3/b16-14-,17-15-;7-6-. The number of allylic oxidation sites excluding steroid dienone is 6. The molecule has 0 amide bonds. The van der Waals surface area contributed by atoms with Gasteiger partial charge in [0.1, 0.15) is 0 Å². The minimum Gasteiger partial charge on any atom is -0.396 e. The molecular weight excluding hydrogens is 538 g/mol. The summed E-state index contributed by atoms with van der Waals surface area (Å²) in [6, 6.07) is 0. The van der Waals surface area contributed by atoms with Gasteiger partial charge in [-0.2, -0.15) is 10.6 Å². The lowest BCUT2D eigenvalue weighted by molar-refractivity contribution is 0.253. The van der Waals surface area contributed by atoms with Crippen molar-refractivity contribution in [1.82, 2.24) is 4.90 Å². The summed E-state index contributed by atoms with van der Waals surface area (Å²) in [7, 11) is 2.87. The molecule has 0 bridgehead atoms. The third-order valence-electron chi connectivity index (χ3n) is 7.02. The van der Waals surface area contributed by atoms with Crippen molar-refractivity contribution in [2.45, 2.75) is 149 Å². The van der Waals surface area contributed by atoms with Gasteiger partial charge in [-0.1, -0.05) is 95.8 Å². The van der Waals surface area contributed by atoms with Crippen LogP contribution in [0.3, 0.4) is 0 Å². The van der Waals surface area contributed by atoms with Crippen molar-refractivity contribution in [3.63, 3.8) is 0 Å². The molecule has 0 fully saturated rings. The predicted octanol–water partition coefficient (Wildman–Crippen LogP) is 11.4. The van der Waals surface area contributed by atoms with E-state index in [0.29, 0.717) is 6.61 Å². The van der Waals surface area contributed by atoms with Gasteiger partial charge in [0.05, 0.1) is 13.2 Å². The van der Waals surface area contributed by atoms with E-state index in [1.54, 1.807) is 0 Å². The molecule has 0 aliphatic heterocycles. The monoisotopic (exact) mass is 614 g/mol. The van der Waals surface area contributed by atoms with Crippen LogP contribution in [0.15, 0.2) is 36.5 Å². The maximum atomic E-state index is 8.47. The maximum Gasteiger partial charge on any atom is 0.0716 e. The van der Waals surface area contributed by atoms with Gasteiger partial charge in [-0.15, -0.1) is 0 Å². The summed E-state index contributed by atoms with van der Waals surface area (Å²) in [6.45, 7) is 9.82. The summed E-state index contributed by atoms with van der Waals surface area (Å²) in [5, 5.41) is 8.47. The molecule has 1 N–H and O–H groups in total. The Hall–Kier alpha value is -0.590. The first-order valence-corrected chi connectivity index (χ1v) is 19.8. The third kappa shape index (κ3) is 37.4. The summed E-state index contributed by atoms with van der Waals surface area (Å²) in [5.41, 5.74) is 0. The van der Waals surface area contributed by atoms with Gasteiger partial charge in [0.25, 0.3) is 0 Å². The third-order valence-corrected chi connectivity index (χ3v) is 9.38. The molecule has 0 rings (SSSR count). The Labute approximate surface area is 266 Å². The molecule has 252 valence electrons. The van der Waals surface area contributed by atoms with Crippen LogP contribution in [0.1, 0.15) is 149 Å². The van der Waals surface area contributed by atoms with Crippen LogP contribution in [-0.4, -0.2) is 62.5 Å². The quantitative estimate of drug-likeness (QED) is 0.0646. The Kier molecular flexibility index (Phi) is 37.9. The Morgan fingerprint density at radius 1 is 0.524 bits per heavy atom. The van der Waals surface area contributed by atoms with Crippen LogP contribution in [0.4, 0.5) is 0 Å². The molecule has 0 heterocycles. The summed E-state index contributed by atoms with van der Waals surface area (Å²) < 4.78 is 12.7. The van der Waals surface area contributed by atoms with E-state index in [2.05, 4.69) is 82.5 Å². The molecule has 0 saturated carbocycles. The zero-order chi connectivity index (χ0) is 31.4. The number of aliphatic hydroxyl groups excluding tert-OH is 1. The molecule has 4 nitrogen and oxygen atoms in total. The normalized spacial score (nSPS) is 12.7. The molecule has 5 heteroatoms. The molecule has 0 saturated heterocycles. The van der Waals surface area contributed by atoms with Gasteiger partial charge >= 0.3 is 0 Å². The number of unbranched alkanes of at least 4 members (excludes halogenated alkanes) is 13. The van der Waals surface area contributed by atoms with Crippen LogP contribution < -0.4 is 0 Å². The Bertz CT molecular complexity index is 564. The average molecular weight is 614 g/mol. The maximum absolute atomic E-state index is 8.47. The molecule has 0 unspecified atom stereocenters. The highest BCUT2D eigenvalue weighted by Gasteiger charge is 2.15. The fourth-order valence-electron chi connectivity index (χ4n) is 4.27.